The lowest BCUT2D eigenvalue weighted by molar-refractivity contribution is 0.0935. The van der Waals surface area contributed by atoms with Gasteiger partial charge in [0, 0.05) is 5.56 Å². The van der Waals surface area contributed by atoms with Gasteiger partial charge in [-0.2, -0.15) is 0 Å². The van der Waals surface area contributed by atoms with Gasteiger partial charge in [0.1, 0.15) is 5.82 Å². The van der Waals surface area contributed by atoms with E-state index in [1.54, 1.807) is 0 Å². The van der Waals surface area contributed by atoms with Crippen molar-refractivity contribution in [2.45, 2.75) is 19.4 Å². The third kappa shape index (κ3) is 3.41. The highest BCUT2D eigenvalue weighted by atomic mass is 19.1. The van der Waals surface area contributed by atoms with Gasteiger partial charge in [-0.1, -0.05) is 37.3 Å². The predicted octanol–water partition coefficient (Wildman–Crippen LogP) is 3.71. The van der Waals surface area contributed by atoms with Crippen LogP contribution in [0.1, 0.15) is 35.3 Å². The van der Waals surface area contributed by atoms with Crippen LogP contribution < -0.4 is 5.32 Å². The SMILES string of the molecule is CCC(NC(=O)c1ccc(F)cc1)c1ccccc1. The van der Waals surface area contributed by atoms with E-state index in [9.17, 15) is 9.18 Å². The Labute approximate surface area is 112 Å². The van der Waals surface area contributed by atoms with Crippen molar-refractivity contribution in [1.82, 2.24) is 5.32 Å². The fourth-order valence-electron chi connectivity index (χ4n) is 1.95. The van der Waals surface area contributed by atoms with Crippen molar-refractivity contribution >= 4 is 5.91 Å². The van der Waals surface area contributed by atoms with Gasteiger partial charge in [0.25, 0.3) is 5.91 Å². The van der Waals surface area contributed by atoms with Gasteiger partial charge in [-0.25, -0.2) is 4.39 Å². The molecule has 0 aliphatic heterocycles. The number of halogens is 1. The maximum absolute atomic E-state index is 12.8. The molecular weight excluding hydrogens is 241 g/mol. The zero-order chi connectivity index (χ0) is 13.7. The molecule has 0 saturated heterocycles. The summed E-state index contributed by atoms with van der Waals surface area (Å²) in [6.45, 7) is 2.02. The minimum absolute atomic E-state index is 0.0289. The summed E-state index contributed by atoms with van der Waals surface area (Å²) in [6.07, 6.45) is 0.803. The molecule has 0 saturated carbocycles. The molecule has 3 heteroatoms. The first-order valence-corrected chi connectivity index (χ1v) is 6.32. The highest BCUT2D eigenvalue weighted by Crippen LogP contribution is 2.16. The molecule has 0 aromatic heterocycles. The molecule has 0 aliphatic rings. The fraction of sp³-hybridized carbons (Fsp3) is 0.188. The van der Waals surface area contributed by atoms with Crippen molar-refractivity contribution in [3.63, 3.8) is 0 Å². The Bertz CT molecular complexity index is 536. The Hall–Kier alpha value is -2.16. The molecule has 2 nitrogen and oxygen atoms in total. The zero-order valence-corrected chi connectivity index (χ0v) is 10.8. The van der Waals surface area contributed by atoms with E-state index in [1.807, 2.05) is 37.3 Å². The van der Waals surface area contributed by atoms with E-state index < -0.39 is 0 Å². The van der Waals surface area contributed by atoms with Crippen LogP contribution in [0.4, 0.5) is 4.39 Å². The monoisotopic (exact) mass is 257 g/mol. The van der Waals surface area contributed by atoms with Crippen LogP contribution in [0, 0.1) is 5.82 Å². The third-order valence-electron chi connectivity index (χ3n) is 3.02. The number of hydrogen-bond donors (Lipinski definition) is 1. The quantitative estimate of drug-likeness (QED) is 0.888. The summed E-state index contributed by atoms with van der Waals surface area (Å²) < 4.78 is 12.8. The van der Waals surface area contributed by atoms with Crippen molar-refractivity contribution in [2.24, 2.45) is 0 Å². The lowest BCUT2D eigenvalue weighted by atomic mass is 10.0. The van der Waals surface area contributed by atoms with Crippen molar-refractivity contribution in [3.8, 4) is 0 Å². The molecule has 0 spiro atoms. The molecule has 2 aromatic carbocycles. The first kappa shape index (κ1) is 13.3. The maximum atomic E-state index is 12.8. The largest absolute Gasteiger partial charge is 0.345 e. The van der Waals surface area contributed by atoms with Gasteiger partial charge < -0.3 is 5.32 Å². The van der Waals surface area contributed by atoms with E-state index in [0.29, 0.717) is 5.56 Å². The van der Waals surface area contributed by atoms with Crippen LogP contribution in [0.25, 0.3) is 0 Å². The van der Waals surface area contributed by atoms with Gasteiger partial charge in [-0.05, 0) is 36.2 Å². The van der Waals surface area contributed by atoms with Crippen LogP contribution in [0.15, 0.2) is 54.6 Å². The first-order chi connectivity index (χ1) is 9.20. The Morgan fingerprint density at radius 1 is 1.11 bits per heavy atom. The second-order valence-electron chi connectivity index (χ2n) is 4.35. The summed E-state index contributed by atoms with van der Waals surface area (Å²) in [7, 11) is 0. The van der Waals surface area contributed by atoms with Crippen LogP contribution in [0.5, 0.6) is 0 Å². The Kier molecular flexibility index (Phi) is 4.29. The number of rotatable bonds is 4. The Balaban J connectivity index is 2.10. The van der Waals surface area contributed by atoms with Crippen LogP contribution >= 0.6 is 0 Å². The highest BCUT2D eigenvalue weighted by molar-refractivity contribution is 5.94. The van der Waals surface area contributed by atoms with E-state index in [4.69, 9.17) is 0 Å². The first-order valence-electron chi connectivity index (χ1n) is 6.32. The van der Waals surface area contributed by atoms with Crippen molar-refractivity contribution in [2.75, 3.05) is 0 Å². The number of benzene rings is 2. The lowest BCUT2D eigenvalue weighted by Crippen LogP contribution is -2.28. The molecule has 1 atom stereocenters. The smallest absolute Gasteiger partial charge is 0.251 e. The lowest BCUT2D eigenvalue weighted by Gasteiger charge is -2.17. The number of nitrogens with one attached hydrogen (secondary N) is 1. The van der Waals surface area contributed by atoms with Crippen LogP contribution in [0.2, 0.25) is 0 Å². The van der Waals surface area contributed by atoms with Gasteiger partial charge >= 0.3 is 0 Å². The van der Waals surface area contributed by atoms with Gasteiger partial charge in [0.2, 0.25) is 0 Å². The average molecular weight is 257 g/mol. The molecule has 0 aliphatic carbocycles. The number of carbonyl (C=O) groups is 1. The summed E-state index contributed by atoms with van der Waals surface area (Å²) in [5.41, 5.74) is 1.54. The molecule has 1 amide bonds. The molecule has 2 rings (SSSR count). The van der Waals surface area contributed by atoms with Crippen LogP contribution in [0.3, 0.4) is 0 Å². The van der Waals surface area contributed by atoms with E-state index in [1.165, 1.54) is 24.3 Å². The van der Waals surface area contributed by atoms with Gasteiger partial charge in [-0.15, -0.1) is 0 Å². The Morgan fingerprint density at radius 2 is 1.74 bits per heavy atom. The van der Waals surface area contributed by atoms with Crippen molar-refractivity contribution in [1.29, 1.82) is 0 Å². The highest BCUT2D eigenvalue weighted by Gasteiger charge is 2.13. The molecule has 2 aromatic rings. The molecule has 0 heterocycles. The summed E-state index contributed by atoms with van der Waals surface area (Å²) in [6, 6.07) is 15.3. The predicted molar refractivity (Wildman–Crippen MR) is 73.3 cm³/mol. The van der Waals surface area contributed by atoms with Gasteiger partial charge in [-0.3, -0.25) is 4.79 Å². The van der Waals surface area contributed by atoms with E-state index >= 15 is 0 Å². The summed E-state index contributed by atoms with van der Waals surface area (Å²) in [5, 5.41) is 2.96. The average Bonchev–Trinajstić information content (AvgIpc) is 2.46. The molecule has 0 fully saturated rings. The molecule has 0 radical (unpaired) electrons. The number of hydrogen-bond acceptors (Lipinski definition) is 1. The third-order valence-corrected chi connectivity index (χ3v) is 3.02. The van der Waals surface area contributed by atoms with E-state index in [0.717, 1.165) is 12.0 Å². The zero-order valence-electron chi connectivity index (χ0n) is 10.8. The summed E-state index contributed by atoms with van der Waals surface area (Å²) in [4.78, 5) is 12.1. The normalized spacial score (nSPS) is 11.9. The number of amides is 1. The maximum Gasteiger partial charge on any atom is 0.251 e. The molecule has 1 unspecified atom stereocenters. The second kappa shape index (κ2) is 6.14. The van der Waals surface area contributed by atoms with Crippen molar-refractivity contribution in [3.05, 3.63) is 71.5 Å². The van der Waals surface area contributed by atoms with Crippen LogP contribution in [-0.2, 0) is 0 Å². The molecule has 1 N–H and O–H groups in total. The molecule has 19 heavy (non-hydrogen) atoms. The Morgan fingerprint density at radius 3 is 2.32 bits per heavy atom. The summed E-state index contributed by atoms with van der Waals surface area (Å²) in [5.74, 6) is -0.526. The molecule has 98 valence electrons. The molecular formula is C16H16FNO. The van der Waals surface area contributed by atoms with E-state index in [2.05, 4.69) is 5.32 Å². The fourth-order valence-corrected chi connectivity index (χ4v) is 1.95. The van der Waals surface area contributed by atoms with Crippen LogP contribution in [-0.4, -0.2) is 5.91 Å². The number of carbonyl (C=O) groups excluding carboxylic acids is 1. The summed E-state index contributed by atoms with van der Waals surface area (Å²) >= 11 is 0. The van der Waals surface area contributed by atoms with Gasteiger partial charge in [0.05, 0.1) is 6.04 Å². The molecule has 0 bridgehead atoms. The van der Waals surface area contributed by atoms with Gasteiger partial charge in [0.15, 0.2) is 0 Å². The minimum atomic E-state index is -0.341. The second-order valence-corrected chi connectivity index (χ2v) is 4.35. The standard InChI is InChI=1S/C16H16FNO/c1-2-15(12-6-4-3-5-7-12)18-16(19)13-8-10-14(17)11-9-13/h3-11,15H,2H2,1H3,(H,18,19). The van der Waals surface area contributed by atoms with Crippen molar-refractivity contribution < 1.29 is 9.18 Å². The topological polar surface area (TPSA) is 29.1 Å². The van der Waals surface area contributed by atoms with E-state index in [-0.39, 0.29) is 17.8 Å². The minimum Gasteiger partial charge on any atom is -0.345 e.